The van der Waals surface area contributed by atoms with Crippen molar-refractivity contribution in [2.45, 2.75) is 25.6 Å². The van der Waals surface area contributed by atoms with E-state index in [0.717, 1.165) is 40.0 Å². The molecule has 0 saturated carbocycles. The second-order valence-corrected chi connectivity index (χ2v) is 7.81. The van der Waals surface area contributed by atoms with Gasteiger partial charge in [0.15, 0.2) is 0 Å². The molecule has 5 rings (SSSR count). The molecule has 1 aromatic heterocycles. The molecule has 2 atom stereocenters. The number of anilines is 2. The molecule has 29 heavy (non-hydrogen) atoms. The van der Waals surface area contributed by atoms with Crippen molar-refractivity contribution in [1.82, 2.24) is 9.88 Å². The van der Waals surface area contributed by atoms with Gasteiger partial charge in [-0.25, -0.2) is 0 Å². The molecule has 7 nitrogen and oxygen atoms in total. The largest absolute Gasteiger partial charge is 0.355 e. The van der Waals surface area contributed by atoms with E-state index < -0.39 is 6.04 Å². The molecule has 0 aliphatic carbocycles. The van der Waals surface area contributed by atoms with Crippen LogP contribution in [-0.4, -0.2) is 41.3 Å². The lowest BCUT2D eigenvalue weighted by molar-refractivity contribution is -0.117. The van der Waals surface area contributed by atoms with Crippen molar-refractivity contribution in [3.8, 4) is 0 Å². The minimum absolute atomic E-state index is 0.0675. The van der Waals surface area contributed by atoms with E-state index in [-0.39, 0.29) is 18.0 Å². The van der Waals surface area contributed by atoms with Gasteiger partial charge in [-0.2, -0.15) is 0 Å². The average Bonchev–Trinajstić information content (AvgIpc) is 3.09. The summed E-state index contributed by atoms with van der Waals surface area (Å²) in [4.78, 5) is 32.7. The Morgan fingerprint density at radius 3 is 2.86 bits per heavy atom. The third-order valence-corrected chi connectivity index (χ3v) is 5.92. The summed E-state index contributed by atoms with van der Waals surface area (Å²) in [5, 5.41) is 3.93. The molecule has 2 unspecified atom stereocenters. The van der Waals surface area contributed by atoms with E-state index in [0.29, 0.717) is 6.54 Å². The standard InChI is InChI=1S/C22H23N5O2/c1-12(23)20(28)24-13-7-8-17-16(11-13)14-9-10-27-21(19(14)25-17)26(2)18-6-4-3-5-15(18)22(27)29/h3-8,11-12,21,25H,9-10,23H2,1-2H3,(H,24,28). The summed E-state index contributed by atoms with van der Waals surface area (Å²) >= 11 is 0. The summed E-state index contributed by atoms with van der Waals surface area (Å²) in [7, 11) is 2.03. The number of hydrogen-bond acceptors (Lipinski definition) is 4. The number of carbonyl (C=O) groups is 2. The summed E-state index contributed by atoms with van der Waals surface area (Å²) in [6.45, 7) is 2.31. The molecule has 148 valence electrons. The summed E-state index contributed by atoms with van der Waals surface area (Å²) in [6, 6.07) is 13.0. The second kappa shape index (κ2) is 6.35. The van der Waals surface area contributed by atoms with Gasteiger partial charge in [0.05, 0.1) is 23.0 Å². The Kier molecular flexibility index (Phi) is 3.89. The molecule has 2 aromatic carbocycles. The van der Waals surface area contributed by atoms with Gasteiger partial charge in [-0.1, -0.05) is 12.1 Å². The van der Waals surface area contributed by atoms with Crippen LogP contribution in [0.1, 0.15) is 34.7 Å². The highest BCUT2D eigenvalue weighted by Gasteiger charge is 2.41. The van der Waals surface area contributed by atoms with Crippen molar-refractivity contribution >= 4 is 34.1 Å². The van der Waals surface area contributed by atoms with Crippen LogP contribution in [0.3, 0.4) is 0 Å². The lowest BCUT2D eigenvalue weighted by atomic mass is 9.96. The quantitative estimate of drug-likeness (QED) is 0.628. The Morgan fingerprint density at radius 1 is 1.28 bits per heavy atom. The maximum absolute atomic E-state index is 13.1. The molecule has 2 aliphatic rings. The van der Waals surface area contributed by atoms with E-state index in [9.17, 15) is 9.59 Å². The lowest BCUT2D eigenvalue weighted by Gasteiger charge is -2.46. The minimum atomic E-state index is -0.568. The highest BCUT2D eigenvalue weighted by molar-refractivity contribution is 6.03. The number of aromatic amines is 1. The first-order valence-electron chi connectivity index (χ1n) is 9.79. The molecule has 0 bridgehead atoms. The smallest absolute Gasteiger partial charge is 0.257 e. The van der Waals surface area contributed by atoms with Crippen molar-refractivity contribution in [2.24, 2.45) is 5.73 Å². The zero-order chi connectivity index (χ0) is 20.3. The first-order chi connectivity index (χ1) is 14.0. The first kappa shape index (κ1) is 17.8. The summed E-state index contributed by atoms with van der Waals surface area (Å²) in [5.41, 5.74) is 11.3. The minimum Gasteiger partial charge on any atom is -0.355 e. The second-order valence-electron chi connectivity index (χ2n) is 7.81. The highest BCUT2D eigenvalue weighted by Crippen LogP contribution is 2.43. The third kappa shape index (κ3) is 2.61. The van der Waals surface area contributed by atoms with Crippen LogP contribution < -0.4 is 16.0 Å². The summed E-state index contributed by atoms with van der Waals surface area (Å²) in [6.07, 6.45) is 0.591. The van der Waals surface area contributed by atoms with Crippen LogP contribution in [0.5, 0.6) is 0 Å². The predicted molar refractivity (Wildman–Crippen MR) is 113 cm³/mol. The third-order valence-electron chi connectivity index (χ3n) is 5.92. The topological polar surface area (TPSA) is 94.5 Å². The Morgan fingerprint density at radius 2 is 2.07 bits per heavy atom. The fourth-order valence-electron chi connectivity index (χ4n) is 4.47. The number of rotatable bonds is 2. The van der Waals surface area contributed by atoms with Gasteiger partial charge in [-0.15, -0.1) is 0 Å². The molecule has 0 spiro atoms. The number of hydrogen-bond donors (Lipinski definition) is 3. The molecule has 0 fully saturated rings. The van der Waals surface area contributed by atoms with Gasteiger partial charge >= 0.3 is 0 Å². The van der Waals surface area contributed by atoms with Crippen LogP contribution in [0.2, 0.25) is 0 Å². The van der Waals surface area contributed by atoms with Gasteiger partial charge in [-0.3, -0.25) is 9.59 Å². The Hall–Kier alpha value is -3.32. The van der Waals surface area contributed by atoms with Crippen LogP contribution in [0, 0.1) is 0 Å². The molecule has 4 N–H and O–H groups in total. The van der Waals surface area contributed by atoms with Gasteiger partial charge in [0.1, 0.15) is 6.17 Å². The number of nitrogens with two attached hydrogens (primary N) is 1. The molecular weight excluding hydrogens is 366 g/mol. The Balaban J connectivity index is 1.59. The fraction of sp³-hybridized carbons (Fsp3) is 0.273. The van der Waals surface area contributed by atoms with Crippen molar-refractivity contribution < 1.29 is 9.59 Å². The number of nitrogens with zero attached hydrogens (tertiary/aromatic N) is 2. The number of H-pyrrole nitrogens is 1. The Bertz CT molecular complexity index is 1150. The van der Waals surface area contributed by atoms with E-state index in [2.05, 4.69) is 15.2 Å². The molecule has 7 heteroatoms. The normalized spacial score (nSPS) is 18.9. The van der Waals surface area contributed by atoms with Crippen LogP contribution in [0.4, 0.5) is 11.4 Å². The monoisotopic (exact) mass is 389 g/mol. The number of aromatic nitrogens is 1. The number of fused-ring (bicyclic) bond motifs is 6. The van der Waals surface area contributed by atoms with Crippen LogP contribution >= 0.6 is 0 Å². The van der Waals surface area contributed by atoms with Gasteiger partial charge in [0.2, 0.25) is 5.91 Å². The van der Waals surface area contributed by atoms with Crippen LogP contribution in [0.15, 0.2) is 42.5 Å². The van der Waals surface area contributed by atoms with E-state index in [1.165, 1.54) is 5.56 Å². The fourth-order valence-corrected chi connectivity index (χ4v) is 4.47. The average molecular weight is 389 g/mol. The van der Waals surface area contributed by atoms with E-state index in [1.807, 2.05) is 54.4 Å². The maximum atomic E-state index is 13.1. The molecule has 0 radical (unpaired) electrons. The highest BCUT2D eigenvalue weighted by atomic mass is 16.2. The zero-order valence-corrected chi connectivity index (χ0v) is 16.4. The van der Waals surface area contributed by atoms with Crippen molar-refractivity contribution in [3.05, 3.63) is 59.3 Å². The number of benzene rings is 2. The van der Waals surface area contributed by atoms with Gasteiger partial charge < -0.3 is 25.8 Å². The van der Waals surface area contributed by atoms with Crippen LogP contribution in [-0.2, 0) is 11.2 Å². The summed E-state index contributed by atoms with van der Waals surface area (Å²) in [5.74, 6) is -0.146. The van der Waals surface area contributed by atoms with E-state index in [4.69, 9.17) is 5.73 Å². The van der Waals surface area contributed by atoms with Gasteiger partial charge in [0.25, 0.3) is 5.91 Å². The maximum Gasteiger partial charge on any atom is 0.257 e. The van der Waals surface area contributed by atoms with Gasteiger partial charge in [-0.05, 0) is 49.2 Å². The molecule has 2 aliphatic heterocycles. The number of carbonyl (C=O) groups excluding carboxylic acids is 2. The Labute approximate surface area is 168 Å². The molecule has 3 aromatic rings. The number of para-hydroxylation sites is 1. The van der Waals surface area contributed by atoms with Crippen molar-refractivity contribution in [3.63, 3.8) is 0 Å². The molecular formula is C22H23N5O2. The van der Waals surface area contributed by atoms with E-state index >= 15 is 0 Å². The van der Waals surface area contributed by atoms with Crippen LogP contribution in [0.25, 0.3) is 10.9 Å². The zero-order valence-electron chi connectivity index (χ0n) is 16.4. The van der Waals surface area contributed by atoms with Gasteiger partial charge in [0, 0.05) is 30.2 Å². The molecule has 0 saturated heterocycles. The molecule has 3 heterocycles. The predicted octanol–water partition coefficient (Wildman–Crippen LogP) is 2.60. The first-order valence-corrected chi connectivity index (χ1v) is 9.79. The number of nitrogens with one attached hydrogen (secondary N) is 2. The number of amides is 2. The lowest BCUT2D eigenvalue weighted by Crippen LogP contribution is -2.51. The molecule has 2 amide bonds. The SMILES string of the molecule is CC(N)C(=O)Nc1ccc2[nH]c3c(c2c1)CCN1C(=O)c2ccccc2N(C)C31. The van der Waals surface area contributed by atoms with Crippen molar-refractivity contribution in [1.29, 1.82) is 0 Å². The summed E-state index contributed by atoms with van der Waals surface area (Å²) < 4.78 is 0. The van der Waals surface area contributed by atoms with E-state index in [1.54, 1.807) is 6.92 Å². The van der Waals surface area contributed by atoms with Crippen molar-refractivity contribution in [2.75, 3.05) is 23.8 Å².